The molecule has 14 nitrogen and oxygen atoms in total. The number of nitrogens with zero attached hydrogens (tertiary/aromatic N) is 4. The average molecular weight is 868 g/mol. The molecule has 3 N–H and O–H groups in total. The molecular formula is C45H47F2N7O7S. The van der Waals surface area contributed by atoms with Crippen LogP contribution in [0.5, 0.6) is 17.2 Å². The number of carbonyl (C=O) groups is 1. The second-order valence-electron chi connectivity index (χ2n) is 18.0. The number of likely N-dealkylation sites (tertiary alicyclic amines) is 1. The van der Waals surface area contributed by atoms with Crippen molar-refractivity contribution in [3.63, 3.8) is 0 Å². The summed E-state index contributed by atoms with van der Waals surface area (Å²) in [7, 11) is -4.87. The molecule has 1 amide bonds. The maximum atomic E-state index is 17.0. The van der Waals surface area contributed by atoms with Gasteiger partial charge in [0.25, 0.3) is 21.6 Å². The van der Waals surface area contributed by atoms with Crippen LogP contribution in [0.3, 0.4) is 0 Å². The van der Waals surface area contributed by atoms with Gasteiger partial charge in [-0.1, -0.05) is 38.1 Å². The minimum absolute atomic E-state index is 0.0169. The monoisotopic (exact) mass is 867 g/mol. The molecule has 3 aliphatic heterocycles. The van der Waals surface area contributed by atoms with Gasteiger partial charge in [0.1, 0.15) is 23.7 Å². The number of aromatic amines is 1. The Labute approximate surface area is 357 Å². The number of sulfonamides is 1. The lowest BCUT2D eigenvalue weighted by atomic mass is 9.59. The van der Waals surface area contributed by atoms with Gasteiger partial charge in [-0.3, -0.25) is 19.8 Å². The van der Waals surface area contributed by atoms with E-state index >= 15 is 8.78 Å². The van der Waals surface area contributed by atoms with E-state index in [1.807, 2.05) is 4.72 Å². The summed E-state index contributed by atoms with van der Waals surface area (Å²) < 4.78 is 74.4. The number of aromatic nitrogens is 2. The van der Waals surface area contributed by atoms with Crippen LogP contribution in [0.25, 0.3) is 11.0 Å². The number of rotatable bonds is 10. The van der Waals surface area contributed by atoms with Crippen LogP contribution in [0.2, 0.25) is 0 Å². The maximum Gasteiger partial charge on any atom is 0.297 e. The molecule has 2 spiro atoms. The van der Waals surface area contributed by atoms with Gasteiger partial charge in [-0.25, -0.2) is 26.9 Å². The minimum Gasteiger partial charge on any atom is -0.489 e. The normalized spacial score (nSPS) is 20.5. The highest BCUT2D eigenvalue weighted by molar-refractivity contribution is 7.90. The highest BCUT2D eigenvalue weighted by Gasteiger charge is 2.51. The van der Waals surface area contributed by atoms with Gasteiger partial charge in [0, 0.05) is 48.9 Å². The number of hydrogen-bond donors (Lipinski definition) is 3. The lowest BCUT2D eigenvalue weighted by Gasteiger charge is -2.56. The standard InChI is InChI=1S/C45H47F2N7O7S/c1-26(2)31-6-3-4-7-32(31)35-8-5-15-53(35)28-22-44(23-28)12-16-52(17-13-44)40-34(46)21-33(41(38(40)47)61-29-18-27-9-14-48-42(27)49-24-29)43(55)51-62(58,59)30-19-36(54(56)57)39-37(20-30)60-25-45(50-39)10-11-45/h3-4,6-7,9,14,18-21,24,26,28,35,50H,5,8,10-13,15-17,22-23,25H2,1-2H3,(H,48,49)(H,51,55)/t35-/m0/s1. The van der Waals surface area contributed by atoms with E-state index in [1.54, 1.807) is 23.2 Å². The Morgan fingerprint density at radius 3 is 2.58 bits per heavy atom. The Bertz CT molecular complexity index is 2740. The third kappa shape index (κ3) is 7.08. The summed E-state index contributed by atoms with van der Waals surface area (Å²) in [6, 6.07) is 15.5. The van der Waals surface area contributed by atoms with E-state index in [2.05, 4.69) is 58.3 Å². The van der Waals surface area contributed by atoms with Crippen LogP contribution in [-0.2, 0) is 10.0 Å². The number of H-pyrrole nitrogens is 1. The fourth-order valence-electron chi connectivity index (χ4n) is 10.2. The smallest absolute Gasteiger partial charge is 0.297 e. The van der Waals surface area contributed by atoms with Crippen molar-refractivity contribution in [3.05, 3.63) is 105 Å². The summed E-state index contributed by atoms with van der Waals surface area (Å²) in [5.74, 6) is -3.98. The van der Waals surface area contributed by atoms with Crippen molar-refractivity contribution >= 4 is 44.0 Å². The molecule has 2 saturated carbocycles. The summed E-state index contributed by atoms with van der Waals surface area (Å²) in [6.07, 6.45) is 10.2. The Morgan fingerprint density at radius 2 is 1.84 bits per heavy atom. The highest BCUT2D eigenvalue weighted by atomic mass is 32.2. The minimum atomic E-state index is -4.87. The molecule has 324 valence electrons. The Hall–Kier alpha value is -5.81. The molecule has 5 aliphatic rings. The molecular weight excluding hydrogens is 821 g/mol. The fourth-order valence-corrected chi connectivity index (χ4v) is 11.2. The molecule has 2 aromatic heterocycles. The lowest BCUT2D eigenvalue weighted by Crippen LogP contribution is -2.55. The molecule has 2 aliphatic carbocycles. The predicted octanol–water partition coefficient (Wildman–Crippen LogP) is 8.71. The van der Waals surface area contributed by atoms with Gasteiger partial charge in [0.05, 0.1) is 27.1 Å². The first-order valence-corrected chi connectivity index (χ1v) is 22.7. The molecule has 0 bridgehead atoms. The van der Waals surface area contributed by atoms with Crippen LogP contribution in [-0.4, -0.2) is 71.9 Å². The highest BCUT2D eigenvalue weighted by Crippen LogP contribution is 2.55. The van der Waals surface area contributed by atoms with Crippen molar-refractivity contribution in [1.29, 1.82) is 0 Å². The number of carbonyl (C=O) groups excluding carboxylic acids is 1. The van der Waals surface area contributed by atoms with E-state index < -0.39 is 59.9 Å². The summed E-state index contributed by atoms with van der Waals surface area (Å²) in [5, 5.41) is 15.8. The quantitative estimate of drug-likeness (QED) is 0.0906. The topological polar surface area (TPSA) is 172 Å². The Morgan fingerprint density at radius 1 is 1.06 bits per heavy atom. The zero-order chi connectivity index (χ0) is 43.1. The third-order valence-electron chi connectivity index (χ3n) is 13.7. The number of hydrogen-bond acceptors (Lipinski definition) is 11. The van der Waals surface area contributed by atoms with E-state index in [9.17, 15) is 23.3 Å². The van der Waals surface area contributed by atoms with Crippen molar-refractivity contribution in [2.75, 3.05) is 36.5 Å². The van der Waals surface area contributed by atoms with Crippen LogP contribution in [0, 0.1) is 27.2 Å². The second-order valence-corrected chi connectivity index (χ2v) is 19.7. The molecule has 3 aromatic carbocycles. The zero-order valence-corrected chi connectivity index (χ0v) is 35.2. The van der Waals surface area contributed by atoms with E-state index in [4.69, 9.17) is 9.47 Å². The Kier molecular flexibility index (Phi) is 9.70. The van der Waals surface area contributed by atoms with Crippen molar-refractivity contribution in [3.8, 4) is 17.2 Å². The fraction of sp³-hybridized carbons (Fsp3) is 0.422. The molecule has 5 aromatic rings. The number of pyridine rings is 1. The molecule has 62 heavy (non-hydrogen) atoms. The van der Waals surface area contributed by atoms with Crippen molar-refractivity contribution in [1.82, 2.24) is 19.6 Å². The first kappa shape index (κ1) is 40.3. The summed E-state index contributed by atoms with van der Waals surface area (Å²) in [4.78, 5) is 36.2. The molecule has 2 saturated heterocycles. The van der Waals surface area contributed by atoms with Gasteiger partial charge >= 0.3 is 0 Å². The van der Waals surface area contributed by atoms with Gasteiger partial charge in [0.2, 0.25) is 0 Å². The summed E-state index contributed by atoms with van der Waals surface area (Å²) in [5.41, 5.74) is 1.29. The van der Waals surface area contributed by atoms with E-state index in [1.165, 1.54) is 17.3 Å². The maximum absolute atomic E-state index is 17.0. The molecule has 0 unspecified atom stereocenters. The molecule has 4 fully saturated rings. The summed E-state index contributed by atoms with van der Waals surface area (Å²) >= 11 is 0. The summed E-state index contributed by atoms with van der Waals surface area (Å²) in [6.45, 7) is 6.44. The van der Waals surface area contributed by atoms with Crippen LogP contribution >= 0.6 is 0 Å². The van der Waals surface area contributed by atoms with E-state index in [0.717, 1.165) is 76.1 Å². The van der Waals surface area contributed by atoms with Gasteiger partial charge < -0.3 is 24.7 Å². The number of ether oxygens (including phenoxy) is 2. The number of piperidine rings is 1. The number of amides is 1. The molecule has 0 radical (unpaired) electrons. The largest absolute Gasteiger partial charge is 0.489 e. The van der Waals surface area contributed by atoms with Gasteiger partial charge in [-0.2, -0.15) is 0 Å². The second kappa shape index (κ2) is 14.9. The molecule has 5 heterocycles. The lowest BCUT2D eigenvalue weighted by molar-refractivity contribution is -0.384. The van der Waals surface area contributed by atoms with E-state index in [0.29, 0.717) is 42.1 Å². The molecule has 10 rings (SSSR count). The predicted molar refractivity (Wildman–Crippen MR) is 227 cm³/mol. The number of fused-ring (bicyclic) bond motifs is 2. The van der Waals surface area contributed by atoms with Gasteiger partial charge in [0.15, 0.2) is 28.8 Å². The Balaban J connectivity index is 0.905. The van der Waals surface area contributed by atoms with Crippen LogP contribution in [0.4, 0.5) is 25.8 Å². The number of nitrogens with one attached hydrogen (secondary N) is 3. The van der Waals surface area contributed by atoms with Crippen LogP contribution in [0.15, 0.2) is 71.9 Å². The molecule has 1 atom stereocenters. The number of halogens is 2. The van der Waals surface area contributed by atoms with Crippen molar-refractivity contribution in [2.24, 2.45) is 5.41 Å². The van der Waals surface area contributed by atoms with Crippen molar-refractivity contribution < 1.29 is 36.4 Å². The first-order chi connectivity index (χ1) is 29.7. The number of benzene rings is 3. The number of nitro groups is 1. The first-order valence-electron chi connectivity index (χ1n) is 21.3. The van der Waals surface area contributed by atoms with Gasteiger partial charge in [-0.05, 0) is 98.6 Å². The third-order valence-corrected chi connectivity index (χ3v) is 15.1. The van der Waals surface area contributed by atoms with Crippen molar-refractivity contribution in [2.45, 2.75) is 93.7 Å². The zero-order valence-electron chi connectivity index (χ0n) is 34.4. The average Bonchev–Trinajstić information content (AvgIpc) is 3.57. The van der Waals surface area contributed by atoms with Crippen LogP contribution < -0.4 is 24.4 Å². The SMILES string of the molecule is CC(C)c1ccccc1[C@@H]1CCCN1C1CC2(CCN(c3c(F)cc(C(=O)NS(=O)(=O)c4cc5c(c([N+](=O)[O-])c4)NC4(CC4)CO5)c(Oc4cnc5[nH]ccc5c4)c3F)CC2)C1. The van der Waals surface area contributed by atoms with Crippen LogP contribution in [0.1, 0.15) is 98.7 Å². The number of nitro benzene ring substituents is 1. The van der Waals surface area contributed by atoms with Gasteiger partial charge in [-0.15, -0.1) is 0 Å². The molecule has 17 heteroatoms. The van der Waals surface area contributed by atoms with E-state index in [-0.39, 0.29) is 34.9 Å². The number of anilines is 2.